The highest BCUT2D eigenvalue weighted by Crippen LogP contribution is 2.32. The van der Waals surface area contributed by atoms with Gasteiger partial charge in [0.05, 0.1) is 12.7 Å². The van der Waals surface area contributed by atoms with Crippen LogP contribution in [0.2, 0.25) is 0 Å². The van der Waals surface area contributed by atoms with Crippen LogP contribution in [0.4, 0.5) is 0 Å². The molecule has 4 heterocycles. The smallest absolute Gasteiger partial charge is 0.289 e. The lowest BCUT2D eigenvalue weighted by atomic mass is 9.96. The Balaban J connectivity index is 1.30. The van der Waals surface area contributed by atoms with Gasteiger partial charge in [-0.2, -0.15) is 4.98 Å². The van der Waals surface area contributed by atoms with Crippen LogP contribution in [0, 0.1) is 0 Å². The van der Waals surface area contributed by atoms with Crippen LogP contribution < -0.4 is 0 Å². The highest BCUT2D eigenvalue weighted by molar-refractivity contribution is 5.99. The number of hydrogen-bond acceptors (Lipinski definition) is 7. The topological polar surface area (TPSA) is 94.5 Å². The number of carbonyl (C=O) groups is 1. The summed E-state index contributed by atoms with van der Waals surface area (Å²) in [7, 11) is 0. The number of aromatic nitrogens is 3. The number of amides is 1. The first-order valence-corrected chi connectivity index (χ1v) is 11.3. The van der Waals surface area contributed by atoms with E-state index in [1.54, 1.807) is 6.20 Å². The van der Waals surface area contributed by atoms with Gasteiger partial charge in [-0.1, -0.05) is 29.4 Å². The summed E-state index contributed by atoms with van der Waals surface area (Å²) in [5.41, 5.74) is 2.19. The third-order valence-corrected chi connectivity index (χ3v) is 5.92. The van der Waals surface area contributed by atoms with Gasteiger partial charge in [-0.15, -0.1) is 0 Å². The molecule has 0 bridgehead atoms. The summed E-state index contributed by atoms with van der Waals surface area (Å²) >= 11 is 0. The Morgan fingerprint density at radius 3 is 2.70 bits per heavy atom. The number of rotatable bonds is 6. The maximum atomic E-state index is 13.4. The first kappa shape index (κ1) is 21.3. The first-order valence-electron chi connectivity index (χ1n) is 11.3. The van der Waals surface area contributed by atoms with Crippen LogP contribution in [0.3, 0.4) is 0 Å². The van der Waals surface area contributed by atoms with Crippen LogP contribution in [0.1, 0.15) is 54.6 Å². The SMILES string of the molecule is CC(C)OCc1c(C(=O)N2CCC(c3nc(-c4ccccn4)no3)CC2)oc2ccccc12. The highest BCUT2D eigenvalue weighted by Gasteiger charge is 2.31. The number of piperidine rings is 1. The number of hydrogen-bond donors (Lipinski definition) is 0. The monoisotopic (exact) mass is 446 g/mol. The third kappa shape index (κ3) is 4.39. The van der Waals surface area contributed by atoms with E-state index in [1.165, 1.54) is 0 Å². The van der Waals surface area contributed by atoms with E-state index in [1.807, 2.05) is 61.2 Å². The zero-order chi connectivity index (χ0) is 22.8. The maximum Gasteiger partial charge on any atom is 0.289 e. The van der Waals surface area contributed by atoms with Crippen LogP contribution >= 0.6 is 0 Å². The van der Waals surface area contributed by atoms with E-state index in [9.17, 15) is 4.79 Å². The summed E-state index contributed by atoms with van der Waals surface area (Å²) in [5, 5.41) is 5.00. The van der Waals surface area contributed by atoms with Crippen LogP contribution in [0.5, 0.6) is 0 Å². The molecule has 33 heavy (non-hydrogen) atoms. The van der Waals surface area contributed by atoms with E-state index in [0.29, 0.717) is 48.4 Å². The summed E-state index contributed by atoms with van der Waals surface area (Å²) in [6.45, 7) is 5.47. The number of para-hydroxylation sites is 1. The van der Waals surface area contributed by atoms with Gasteiger partial charge < -0.3 is 18.6 Å². The average Bonchev–Trinajstić information content (AvgIpc) is 3.48. The van der Waals surface area contributed by atoms with Crippen LogP contribution in [-0.2, 0) is 11.3 Å². The minimum Gasteiger partial charge on any atom is -0.451 e. The van der Waals surface area contributed by atoms with Gasteiger partial charge in [0.25, 0.3) is 5.91 Å². The Bertz CT molecular complexity index is 1240. The zero-order valence-corrected chi connectivity index (χ0v) is 18.7. The van der Waals surface area contributed by atoms with Crippen molar-refractivity contribution in [2.24, 2.45) is 0 Å². The second kappa shape index (κ2) is 9.15. The molecule has 1 saturated heterocycles. The van der Waals surface area contributed by atoms with E-state index in [0.717, 1.165) is 23.8 Å². The molecular weight excluding hydrogens is 420 g/mol. The lowest BCUT2D eigenvalue weighted by molar-refractivity contribution is 0.0592. The van der Waals surface area contributed by atoms with Crippen molar-refractivity contribution in [3.63, 3.8) is 0 Å². The second-order valence-corrected chi connectivity index (χ2v) is 8.50. The number of likely N-dealkylation sites (tertiary alicyclic amines) is 1. The molecule has 1 aliphatic heterocycles. The van der Waals surface area contributed by atoms with Crippen molar-refractivity contribution in [1.82, 2.24) is 20.0 Å². The van der Waals surface area contributed by atoms with Gasteiger partial charge in [0, 0.05) is 36.2 Å². The number of furan rings is 1. The lowest BCUT2D eigenvalue weighted by Gasteiger charge is -2.30. The highest BCUT2D eigenvalue weighted by atomic mass is 16.5. The Kier molecular flexibility index (Phi) is 5.92. The molecule has 8 heteroatoms. The Morgan fingerprint density at radius 2 is 1.94 bits per heavy atom. The summed E-state index contributed by atoms with van der Waals surface area (Å²) in [6, 6.07) is 13.3. The van der Waals surface area contributed by atoms with Crippen LogP contribution in [-0.4, -0.2) is 45.1 Å². The largest absolute Gasteiger partial charge is 0.451 e. The van der Waals surface area contributed by atoms with Crippen molar-refractivity contribution in [3.8, 4) is 11.5 Å². The molecule has 1 amide bonds. The fourth-order valence-electron chi connectivity index (χ4n) is 4.14. The Morgan fingerprint density at radius 1 is 1.15 bits per heavy atom. The van der Waals surface area contributed by atoms with Gasteiger partial charge in [0.2, 0.25) is 11.7 Å². The quantitative estimate of drug-likeness (QED) is 0.419. The van der Waals surface area contributed by atoms with Gasteiger partial charge in [-0.25, -0.2) is 0 Å². The van der Waals surface area contributed by atoms with Crippen molar-refractivity contribution in [2.75, 3.05) is 13.1 Å². The predicted octanol–water partition coefficient (Wildman–Crippen LogP) is 4.82. The van der Waals surface area contributed by atoms with Gasteiger partial charge in [0.15, 0.2) is 5.76 Å². The minimum atomic E-state index is -0.105. The molecule has 170 valence electrons. The van der Waals surface area contributed by atoms with E-state index in [-0.39, 0.29) is 17.9 Å². The molecule has 0 spiro atoms. The molecule has 1 aromatic carbocycles. The second-order valence-electron chi connectivity index (χ2n) is 8.50. The number of nitrogens with zero attached hydrogens (tertiary/aromatic N) is 4. The molecule has 5 rings (SSSR count). The van der Waals surface area contributed by atoms with Crippen LogP contribution in [0.15, 0.2) is 57.6 Å². The molecule has 0 unspecified atom stereocenters. The van der Waals surface area contributed by atoms with E-state index < -0.39 is 0 Å². The molecule has 0 saturated carbocycles. The van der Waals surface area contributed by atoms with E-state index >= 15 is 0 Å². The lowest BCUT2D eigenvalue weighted by Crippen LogP contribution is -2.38. The summed E-state index contributed by atoms with van der Waals surface area (Å²) in [5.74, 6) is 1.45. The van der Waals surface area contributed by atoms with Crippen LogP contribution in [0.25, 0.3) is 22.5 Å². The molecule has 4 aromatic rings. The standard InChI is InChI=1S/C25H26N4O4/c1-16(2)31-15-19-18-7-3-4-9-21(18)32-22(19)25(30)29-13-10-17(11-14-29)24-27-23(28-33-24)20-8-5-6-12-26-20/h3-9,12,16-17H,10-11,13-15H2,1-2H3. The third-order valence-electron chi connectivity index (χ3n) is 5.92. The molecule has 0 radical (unpaired) electrons. The number of benzene rings is 1. The fourth-order valence-corrected chi connectivity index (χ4v) is 4.14. The Hall–Kier alpha value is -3.52. The average molecular weight is 447 g/mol. The van der Waals surface area contributed by atoms with Crippen molar-refractivity contribution < 1.29 is 18.5 Å². The molecule has 1 aliphatic rings. The normalized spacial score (nSPS) is 14.9. The van der Waals surface area contributed by atoms with Crippen molar-refractivity contribution in [2.45, 2.75) is 45.3 Å². The summed E-state index contributed by atoms with van der Waals surface area (Å²) < 4.78 is 17.3. The number of carbonyl (C=O) groups excluding carboxylic acids is 1. The molecule has 0 N–H and O–H groups in total. The van der Waals surface area contributed by atoms with E-state index in [4.69, 9.17) is 13.7 Å². The molecular formula is C25H26N4O4. The Labute approximate surface area is 191 Å². The van der Waals surface area contributed by atoms with Gasteiger partial charge >= 0.3 is 0 Å². The number of pyridine rings is 1. The first-order chi connectivity index (χ1) is 16.1. The molecule has 0 aliphatic carbocycles. The minimum absolute atomic E-state index is 0.0581. The van der Waals surface area contributed by atoms with E-state index in [2.05, 4.69) is 15.1 Å². The van der Waals surface area contributed by atoms with Gasteiger partial charge in [-0.3, -0.25) is 9.78 Å². The van der Waals surface area contributed by atoms with Gasteiger partial charge in [-0.05, 0) is 44.9 Å². The summed E-state index contributed by atoms with van der Waals surface area (Å²) in [6.07, 6.45) is 3.25. The predicted molar refractivity (Wildman–Crippen MR) is 122 cm³/mol. The zero-order valence-electron chi connectivity index (χ0n) is 18.7. The van der Waals surface area contributed by atoms with Gasteiger partial charge in [0.1, 0.15) is 11.3 Å². The molecule has 8 nitrogen and oxygen atoms in total. The molecule has 3 aromatic heterocycles. The number of ether oxygens (including phenoxy) is 1. The molecule has 0 atom stereocenters. The van der Waals surface area contributed by atoms with Crippen molar-refractivity contribution in [1.29, 1.82) is 0 Å². The van der Waals surface area contributed by atoms with Crippen molar-refractivity contribution in [3.05, 3.63) is 65.9 Å². The van der Waals surface area contributed by atoms with Crippen molar-refractivity contribution >= 4 is 16.9 Å². The number of fused-ring (bicyclic) bond motifs is 1. The fraction of sp³-hybridized carbons (Fsp3) is 0.360. The molecule has 1 fully saturated rings. The summed E-state index contributed by atoms with van der Waals surface area (Å²) in [4.78, 5) is 24.0. The maximum absolute atomic E-state index is 13.4.